The first-order valence-electron chi connectivity index (χ1n) is 7.24. The van der Waals surface area contributed by atoms with Gasteiger partial charge in [0, 0.05) is 29.1 Å². The van der Waals surface area contributed by atoms with E-state index in [1.807, 2.05) is 0 Å². The van der Waals surface area contributed by atoms with Gasteiger partial charge in [0.15, 0.2) is 0 Å². The lowest BCUT2D eigenvalue weighted by Crippen LogP contribution is -1.87. The second-order valence-electron chi connectivity index (χ2n) is 5.75. The number of hydrogen-bond acceptors (Lipinski definition) is 0. The average Bonchev–Trinajstić information content (AvgIpc) is 2.52. The van der Waals surface area contributed by atoms with Gasteiger partial charge in [-0.05, 0) is 45.8 Å². The molecule has 5 aromatic rings. The van der Waals surface area contributed by atoms with Crippen LogP contribution in [0.15, 0.2) is 66.7 Å². The third-order valence-electron chi connectivity index (χ3n) is 4.57. The molecular weight excluding hydrogens is 252 g/mol. The maximum Gasteiger partial charge on any atom is 0.135 e. The average molecular weight is 265 g/mol. The molecule has 21 heavy (non-hydrogen) atoms. The summed E-state index contributed by atoms with van der Waals surface area (Å²) in [5, 5.41) is 10.5. The lowest BCUT2D eigenvalue weighted by atomic mass is 9.90. The van der Waals surface area contributed by atoms with Crippen molar-refractivity contribution in [3.63, 3.8) is 0 Å². The fraction of sp³-hybridized carbons (Fsp3) is 0. The summed E-state index contributed by atoms with van der Waals surface area (Å²) >= 11 is 0. The molecule has 0 bridgehead atoms. The van der Waals surface area contributed by atoms with Crippen molar-refractivity contribution in [3.8, 4) is 0 Å². The Labute approximate surface area is 123 Å². The second-order valence-corrected chi connectivity index (χ2v) is 5.75. The highest BCUT2D eigenvalue weighted by Crippen LogP contribution is 2.39. The zero-order valence-electron chi connectivity index (χ0n) is 11.6. The zero-order chi connectivity index (χ0) is 14.0. The van der Waals surface area contributed by atoms with E-state index >= 15 is 0 Å². The van der Waals surface area contributed by atoms with Gasteiger partial charge >= 0.3 is 0 Å². The first-order valence-corrected chi connectivity index (χ1v) is 7.24. The van der Waals surface area contributed by atoms with E-state index in [9.17, 15) is 0 Å². The van der Waals surface area contributed by atoms with E-state index in [1.165, 1.54) is 43.1 Å². The summed E-state index contributed by atoms with van der Waals surface area (Å²) in [6.45, 7) is 4.23. The minimum Gasteiger partial charge on any atom is -0.0610 e. The highest BCUT2D eigenvalue weighted by molar-refractivity contribution is 6.29. The van der Waals surface area contributed by atoms with Gasteiger partial charge in [0.1, 0.15) is 5.56 Å². The van der Waals surface area contributed by atoms with Crippen molar-refractivity contribution in [2.45, 2.75) is 0 Å². The smallest absolute Gasteiger partial charge is 0.0610 e. The van der Waals surface area contributed by atoms with Crippen molar-refractivity contribution in [3.05, 3.63) is 79.2 Å². The molecule has 96 valence electrons. The zero-order valence-corrected chi connectivity index (χ0v) is 11.6. The number of rotatable bonds is 0. The molecule has 0 amide bonds. The van der Waals surface area contributed by atoms with E-state index in [0.717, 1.165) is 5.56 Å². The molecule has 0 nitrogen and oxygen atoms in total. The van der Waals surface area contributed by atoms with Crippen LogP contribution in [-0.4, -0.2) is 0 Å². The Morgan fingerprint density at radius 2 is 1.14 bits per heavy atom. The van der Waals surface area contributed by atoms with Crippen LogP contribution in [0.3, 0.4) is 0 Å². The molecule has 0 aliphatic heterocycles. The van der Waals surface area contributed by atoms with E-state index in [1.54, 1.807) is 0 Å². The summed E-state index contributed by atoms with van der Waals surface area (Å²) in [5.41, 5.74) is 1.10. The van der Waals surface area contributed by atoms with E-state index in [2.05, 4.69) is 73.7 Å². The van der Waals surface area contributed by atoms with Crippen LogP contribution < -0.4 is 0 Å². The molecule has 0 aromatic heterocycles. The maximum atomic E-state index is 4.23. The Morgan fingerprint density at radius 1 is 0.524 bits per heavy atom. The van der Waals surface area contributed by atoms with Crippen LogP contribution >= 0.6 is 0 Å². The van der Waals surface area contributed by atoms with Gasteiger partial charge in [-0.3, -0.25) is 0 Å². The summed E-state index contributed by atoms with van der Waals surface area (Å²) < 4.78 is 0. The largest absolute Gasteiger partial charge is 0.135 e. The van der Waals surface area contributed by atoms with Crippen LogP contribution in [0, 0.1) is 6.92 Å². The lowest BCUT2D eigenvalue weighted by molar-refractivity contribution is 1.71. The molecular formula is C21H13+. The molecule has 0 radical (unpaired) electrons. The SMILES string of the molecule is [CH2+]c1cccc2cc3ccc4cccc5ccc(c12)c3c45. The van der Waals surface area contributed by atoms with Crippen molar-refractivity contribution >= 4 is 43.1 Å². The molecule has 0 saturated carbocycles. The summed E-state index contributed by atoms with van der Waals surface area (Å²) in [6, 6.07) is 24.1. The molecule has 5 rings (SSSR count). The maximum absolute atomic E-state index is 4.23. The number of hydrogen-bond donors (Lipinski definition) is 0. The highest BCUT2D eigenvalue weighted by Gasteiger charge is 2.15. The first kappa shape index (κ1) is 11.0. The summed E-state index contributed by atoms with van der Waals surface area (Å²) in [6.07, 6.45) is 0. The van der Waals surface area contributed by atoms with Crippen molar-refractivity contribution in [2.75, 3.05) is 0 Å². The van der Waals surface area contributed by atoms with Gasteiger partial charge in [0.25, 0.3) is 0 Å². The standard InChI is InChI=1S/C21H13/c1-13-4-2-7-16-12-17-9-8-14-5-3-6-15-10-11-18(19(13)16)21(17)20(14)15/h2-12H,1H2/q+1. The van der Waals surface area contributed by atoms with Crippen LogP contribution in [0.2, 0.25) is 0 Å². The monoisotopic (exact) mass is 265 g/mol. The first-order chi connectivity index (χ1) is 10.3. The van der Waals surface area contributed by atoms with Gasteiger partial charge < -0.3 is 0 Å². The predicted molar refractivity (Wildman–Crippen MR) is 92.1 cm³/mol. The molecule has 0 heteroatoms. The third-order valence-corrected chi connectivity index (χ3v) is 4.57. The van der Waals surface area contributed by atoms with Gasteiger partial charge in [-0.25, -0.2) is 0 Å². The van der Waals surface area contributed by atoms with Gasteiger partial charge in [-0.15, -0.1) is 0 Å². The Morgan fingerprint density at radius 3 is 2.00 bits per heavy atom. The van der Waals surface area contributed by atoms with E-state index in [4.69, 9.17) is 0 Å². The highest BCUT2D eigenvalue weighted by atomic mass is 14.1. The van der Waals surface area contributed by atoms with Crippen LogP contribution in [0.1, 0.15) is 5.56 Å². The van der Waals surface area contributed by atoms with E-state index in [-0.39, 0.29) is 0 Å². The van der Waals surface area contributed by atoms with Gasteiger partial charge in [-0.2, -0.15) is 0 Å². The predicted octanol–water partition coefficient (Wildman–Crippen LogP) is 5.92. The Bertz CT molecular complexity index is 1120. The minimum absolute atomic E-state index is 1.10. The summed E-state index contributed by atoms with van der Waals surface area (Å²) in [7, 11) is 0. The van der Waals surface area contributed by atoms with Crippen LogP contribution in [0.4, 0.5) is 0 Å². The fourth-order valence-electron chi connectivity index (χ4n) is 3.67. The van der Waals surface area contributed by atoms with Crippen molar-refractivity contribution in [1.82, 2.24) is 0 Å². The second kappa shape index (κ2) is 3.67. The molecule has 0 aliphatic carbocycles. The molecule has 0 atom stereocenters. The van der Waals surface area contributed by atoms with Gasteiger partial charge in [0.05, 0.1) is 5.39 Å². The molecule has 5 aromatic carbocycles. The Hall–Kier alpha value is -2.73. The number of fused-ring (bicyclic) bond motifs is 2. The molecule has 0 spiro atoms. The van der Waals surface area contributed by atoms with E-state index < -0.39 is 0 Å². The molecule has 0 unspecified atom stereocenters. The third kappa shape index (κ3) is 1.32. The molecule has 0 heterocycles. The summed E-state index contributed by atoms with van der Waals surface area (Å²) in [4.78, 5) is 0. The molecule has 0 saturated heterocycles. The number of benzene rings is 5. The topological polar surface area (TPSA) is 0 Å². The van der Waals surface area contributed by atoms with Crippen molar-refractivity contribution < 1.29 is 0 Å². The normalized spacial score (nSPS) is 12.0. The minimum atomic E-state index is 1.10. The molecule has 0 fully saturated rings. The Balaban J connectivity index is 2.23. The summed E-state index contributed by atoms with van der Waals surface area (Å²) in [5.74, 6) is 0. The molecule has 0 aliphatic rings. The molecule has 0 N–H and O–H groups in total. The van der Waals surface area contributed by atoms with Gasteiger partial charge in [0.2, 0.25) is 0 Å². The van der Waals surface area contributed by atoms with Crippen LogP contribution in [-0.2, 0) is 0 Å². The van der Waals surface area contributed by atoms with E-state index in [0.29, 0.717) is 0 Å². The van der Waals surface area contributed by atoms with Crippen LogP contribution in [0.5, 0.6) is 0 Å². The quantitative estimate of drug-likeness (QED) is 0.185. The van der Waals surface area contributed by atoms with Gasteiger partial charge in [-0.1, -0.05) is 36.4 Å². The lowest BCUT2D eigenvalue weighted by Gasteiger charge is -2.11. The van der Waals surface area contributed by atoms with Crippen molar-refractivity contribution in [1.29, 1.82) is 0 Å². The fourth-order valence-corrected chi connectivity index (χ4v) is 3.67. The van der Waals surface area contributed by atoms with Crippen LogP contribution in [0.25, 0.3) is 43.1 Å². The van der Waals surface area contributed by atoms with Crippen molar-refractivity contribution in [2.24, 2.45) is 0 Å². The Kier molecular flexibility index (Phi) is 1.92.